The van der Waals surface area contributed by atoms with E-state index >= 15 is 0 Å². The molecule has 1 N–H and O–H groups in total. The molecule has 1 atom stereocenters. The number of hydrogen-bond acceptors (Lipinski definition) is 6. The van der Waals surface area contributed by atoms with Gasteiger partial charge in [0.2, 0.25) is 0 Å². The van der Waals surface area contributed by atoms with Crippen molar-refractivity contribution in [3.8, 4) is 0 Å². The fourth-order valence-electron chi connectivity index (χ4n) is 2.99. The lowest BCUT2D eigenvalue weighted by molar-refractivity contribution is 0.208. The highest BCUT2D eigenvalue weighted by Crippen LogP contribution is 2.15. The van der Waals surface area contributed by atoms with Crippen molar-refractivity contribution in [1.29, 1.82) is 0 Å². The van der Waals surface area contributed by atoms with Gasteiger partial charge in [0.1, 0.15) is 11.3 Å². The fourth-order valence-corrected chi connectivity index (χ4v) is 4.40. The Hall–Kier alpha value is -1.94. The molecule has 132 valence electrons. The van der Waals surface area contributed by atoms with Crippen LogP contribution in [0.15, 0.2) is 9.59 Å². The largest absolute Gasteiger partial charge is 0.335 e. The van der Waals surface area contributed by atoms with Gasteiger partial charge in [-0.2, -0.15) is 0 Å². The molecule has 1 fully saturated rings. The van der Waals surface area contributed by atoms with Gasteiger partial charge in [-0.15, -0.1) is 0 Å². The van der Waals surface area contributed by atoms with Crippen LogP contribution in [-0.4, -0.2) is 56.5 Å². The number of aryl methyl sites for hydroxylation is 1. The maximum atomic E-state index is 12.2. The normalized spacial score (nSPS) is 21.9. The minimum absolute atomic E-state index is 0.0992. The first kappa shape index (κ1) is 16.9. The molecular formula is C14H21N5O4S. The van der Waals surface area contributed by atoms with Crippen LogP contribution in [0.1, 0.15) is 19.2 Å². The van der Waals surface area contributed by atoms with Crippen molar-refractivity contribution in [2.75, 3.05) is 18.1 Å². The maximum Gasteiger partial charge on any atom is 0.332 e. The molecule has 0 aromatic carbocycles. The zero-order valence-electron chi connectivity index (χ0n) is 13.9. The Morgan fingerprint density at radius 1 is 1.21 bits per heavy atom. The number of nitrogens with zero attached hydrogens (tertiary/aromatic N) is 4. The second-order valence-electron chi connectivity index (χ2n) is 6.35. The molecule has 0 bridgehead atoms. The van der Waals surface area contributed by atoms with Gasteiger partial charge in [0.25, 0.3) is 5.56 Å². The van der Waals surface area contributed by atoms with E-state index in [4.69, 9.17) is 0 Å². The van der Waals surface area contributed by atoms with E-state index in [9.17, 15) is 18.0 Å². The maximum absolute atomic E-state index is 12.2. The van der Waals surface area contributed by atoms with E-state index in [0.717, 1.165) is 4.57 Å². The molecule has 24 heavy (non-hydrogen) atoms. The third-order valence-corrected chi connectivity index (χ3v) is 6.32. The Labute approximate surface area is 138 Å². The molecule has 3 heterocycles. The first-order valence-corrected chi connectivity index (χ1v) is 9.61. The van der Waals surface area contributed by atoms with Crippen LogP contribution in [0.2, 0.25) is 0 Å². The Morgan fingerprint density at radius 2 is 1.92 bits per heavy atom. The van der Waals surface area contributed by atoms with Crippen LogP contribution in [0, 0.1) is 0 Å². The monoisotopic (exact) mass is 355 g/mol. The molecule has 1 aliphatic heterocycles. The van der Waals surface area contributed by atoms with Gasteiger partial charge in [0, 0.05) is 26.7 Å². The summed E-state index contributed by atoms with van der Waals surface area (Å²) in [7, 11) is -0.00937. The summed E-state index contributed by atoms with van der Waals surface area (Å²) >= 11 is 0. The van der Waals surface area contributed by atoms with Crippen molar-refractivity contribution in [2.45, 2.75) is 25.9 Å². The van der Waals surface area contributed by atoms with Crippen molar-refractivity contribution in [3.63, 3.8) is 0 Å². The van der Waals surface area contributed by atoms with E-state index in [-0.39, 0.29) is 23.1 Å². The van der Waals surface area contributed by atoms with E-state index in [1.165, 1.54) is 11.6 Å². The number of sulfone groups is 1. The van der Waals surface area contributed by atoms with Crippen LogP contribution in [0.3, 0.4) is 0 Å². The van der Waals surface area contributed by atoms with E-state index in [1.54, 1.807) is 7.05 Å². The predicted molar refractivity (Wildman–Crippen MR) is 89.7 cm³/mol. The standard InChI is InChI=1S/C14H21N5O4S/c1-9-4-6-24(22,23)7-5-19(9)8-10-15-11-12(16-10)17(2)14(21)18(3)13(11)20/h9H,4-8H2,1-3H3,(H,15,16). The summed E-state index contributed by atoms with van der Waals surface area (Å²) in [4.78, 5) is 33.6. The van der Waals surface area contributed by atoms with Crippen molar-refractivity contribution in [2.24, 2.45) is 14.1 Å². The topological polar surface area (TPSA) is 110 Å². The third-order valence-electron chi connectivity index (χ3n) is 4.66. The first-order valence-electron chi connectivity index (χ1n) is 7.78. The van der Waals surface area contributed by atoms with Gasteiger partial charge in [0.15, 0.2) is 15.5 Å². The number of hydrogen-bond donors (Lipinski definition) is 1. The number of aromatic nitrogens is 4. The van der Waals surface area contributed by atoms with Crippen LogP contribution in [0.4, 0.5) is 0 Å². The zero-order chi connectivity index (χ0) is 17.6. The molecule has 1 unspecified atom stereocenters. The summed E-state index contributed by atoms with van der Waals surface area (Å²) in [5.74, 6) is 0.868. The molecule has 3 rings (SSSR count). The highest BCUT2D eigenvalue weighted by Gasteiger charge is 2.25. The second-order valence-corrected chi connectivity index (χ2v) is 8.65. The van der Waals surface area contributed by atoms with E-state index < -0.39 is 21.1 Å². The number of nitrogens with one attached hydrogen (secondary N) is 1. The fraction of sp³-hybridized carbons (Fsp3) is 0.643. The predicted octanol–water partition coefficient (Wildman–Crippen LogP) is -1.03. The lowest BCUT2D eigenvalue weighted by atomic mass is 10.2. The van der Waals surface area contributed by atoms with Crippen molar-refractivity contribution in [1.82, 2.24) is 24.0 Å². The van der Waals surface area contributed by atoms with Crippen LogP contribution < -0.4 is 11.2 Å². The quantitative estimate of drug-likeness (QED) is 0.737. The molecule has 1 saturated heterocycles. The first-order chi connectivity index (χ1) is 11.2. The van der Waals surface area contributed by atoms with Crippen LogP contribution >= 0.6 is 0 Å². The summed E-state index contributed by atoms with van der Waals surface area (Å²) in [5.41, 5.74) is -0.254. The summed E-state index contributed by atoms with van der Waals surface area (Å²) < 4.78 is 25.9. The number of aromatic amines is 1. The van der Waals surface area contributed by atoms with Crippen LogP contribution in [0.25, 0.3) is 11.2 Å². The van der Waals surface area contributed by atoms with Gasteiger partial charge < -0.3 is 4.98 Å². The highest BCUT2D eigenvalue weighted by molar-refractivity contribution is 7.91. The van der Waals surface area contributed by atoms with E-state index in [1.807, 2.05) is 11.8 Å². The van der Waals surface area contributed by atoms with Crippen LogP contribution in [-0.2, 0) is 30.5 Å². The van der Waals surface area contributed by atoms with Crippen molar-refractivity contribution >= 4 is 21.0 Å². The molecule has 0 amide bonds. The summed E-state index contributed by atoms with van der Waals surface area (Å²) in [6.45, 7) is 2.82. The molecular weight excluding hydrogens is 334 g/mol. The van der Waals surface area contributed by atoms with Crippen LogP contribution in [0.5, 0.6) is 0 Å². The van der Waals surface area contributed by atoms with Gasteiger partial charge in [0.05, 0.1) is 18.1 Å². The zero-order valence-corrected chi connectivity index (χ0v) is 14.8. The Morgan fingerprint density at radius 3 is 2.62 bits per heavy atom. The van der Waals surface area contributed by atoms with Gasteiger partial charge >= 0.3 is 5.69 Å². The molecule has 0 spiro atoms. The van der Waals surface area contributed by atoms with Gasteiger partial charge in [-0.3, -0.25) is 18.8 Å². The van der Waals surface area contributed by atoms with Gasteiger partial charge in [-0.25, -0.2) is 18.2 Å². The number of H-pyrrole nitrogens is 1. The second kappa shape index (κ2) is 5.85. The average Bonchev–Trinajstić information content (AvgIpc) is 2.91. The molecule has 2 aromatic heterocycles. The summed E-state index contributed by atoms with van der Waals surface area (Å²) in [6.07, 6.45) is 0.572. The lowest BCUT2D eigenvalue weighted by Crippen LogP contribution is -2.36. The molecule has 1 aliphatic rings. The van der Waals surface area contributed by atoms with Crippen molar-refractivity contribution in [3.05, 3.63) is 26.7 Å². The Balaban J connectivity index is 1.96. The van der Waals surface area contributed by atoms with Crippen molar-refractivity contribution < 1.29 is 8.42 Å². The number of fused-ring (bicyclic) bond motifs is 1. The molecule has 0 aliphatic carbocycles. The van der Waals surface area contributed by atoms with Gasteiger partial charge in [-0.1, -0.05) is 0 Å². The minimum Gasteiger partial charge on any atom is -0.335 e. The highest BCUT2D eigenvalue weighted by atomic mass is 32.2. The number of imidazole rings is 1. The van der Waals surface area contributed by atoms with E-state index in [2.05, 4.69) is 9.97 Å². The molecule has 9 nitrogen and oxygen atoms in total. The molecule has 0 saturated carbocycles. The SMILES string of the molecule is CC1CCS(=O)(=O)CCN1Cc1nc2c([nH]1)c(=O)n(C)c(=O)n2C. The molecule has 0 radical (unpaired) electrons. The number of rotatable bonds is 2. The smallest absolute Gasteiger partial charge is 0.332 e. The average molecular weight is 355 g/mol. The Bertz CT molecular complexity index is 1000. The lowest BCUT2D eigenvalue weighted by Gasteiger charge is -2.24. The molecule has 2 aromatic rings. The van der Waals surface area contributed by atoms with E-state index in [0.29, 0.717) is 31.0 Å². The Kier molecular flexibility index (Phi) is 4.12. The van der Waals surface area contributed by atoms with Gasteiger partial charge in [-0.05, 0) is 13.3 Å². The summed E-state index contributed by atoms with van der Waals surface area (Å²) in [6, 6.07) is 0.0992. The third kappa shape index (κ3) is 2.91. The minimum atomic E-state index is -3.00. The summed E-state index contributed by atoms with van der Waals surface area (Å²) in [5, 5.41) is 0. The molecule has 10 heteroatoms.